The van der Waals surface area contributed by atoms with Crippen molar-refractivity contribution in [1.29, 1.82) is 5.26 Å². The number of nitriles is 1. The van der Waals surface area contributed by atoms with E-state index in [1.165, 1.54) is 17.4 Å². The van der Waals surface area contributed by atoms with Gasteiger partial charge in [-0.1, -0.05) is 6.07 Å². The molecule has 2 heterocycles. The molecule has 1 aliphatic carbocycles. The number of hydrogen-bond donors (Lipinski definition) is 2. The van der Waals surface area contributed by atoms with Crippen molar-refractivity contribution in [1.82, 2.24) is 5.32 Å². The molecule has 2 aromatic rings. The average molecular weight is 446 g/mol. The number of thiophene rings is 2. The predicted octanol–water partition coefficient (Wildman–Crippen LogP) is 3.81. The largest absolute Gasteiger partial charge is 0.449 e. The van der Waals surface area contributed by atoms with Crippen LogP contribution in [0.25, 0.3) is 6.08 Å². The van der Waals surface area contributed by atoms with Gasteiger partial charge in [0.05, 0.1) is 18.8 Å². The maximum Gasteiger partial charge on any atom is 0.407 e. The molecule has 7 nitrogen and oxygen atoms in total. The summed E-state index contributed by atoms with van der Waals surface area (Å²) in [5.41, 5.74) is 1.55. The minimum Gasteiger partial charge on any atom is -0.449 e. The summed E-state index contributed by atoms with van der Waals surface area (Å²) in [6.07, 6.45) is 5.06. The Morgan fingerprint density at radius 2 is 2.30 bits per heavy atom. The molecule has 2 aromatic heterocycles. The SMILES string of the molecule is COCCNC(=O)OCC1CCc2c(sc(NC(=O)C=Cc3cccs3)c2C#N)C1. The number of amides is 2. The van der Waals surface area contributed by atoms with Crippen molar-refractivity contribution in [2.24, 2.45) is 5.92 Å². The van der Waals surface area contributed by atoms with Gasteiger partial charge in [0.1, 0.15) is 11.1 Å². The molecule has 0 saturated heterocycles. The summed E-state index contributed by atoms with van der Waals surface area (Å²) in [5.74, 6) is -0.0655. The maximum atomic E-state index is 12.3. The molecule has 1 unspecified atom stereocenters. The monoisotopic (exact) mass is 445 g/mol. The summed E-state index contributed by atoms with van der Waals surface area (Å²) in [7, 11) is 1.57. The van der Waals surface area contributed by atoms with Gasteiger partial charge in [0.15, 0.2) is 0 Å². The van der Waals surface area contributed by atoms with E-state index in [4.69, 9.17) is 9.47 Å². The van der Waals surface area contributed by atoms with Gasteiger partial charge in [-0.25, -0.2) is 4.79 Å². The fourth-order valence-corrected chi connectivity index (χ4v) is 5.13. The van der Waals surface area contributed by atoms with Crippen molar-refractivity contribution in [3.8, 4) is 6.07 Å². The Morgan fingerprint density at radius 3 is 3.03 bits per heavy atom. The second kappa shape index (κ2) is 10.9. The Balaban J connectivity index is 1.58. The van der Waals surface area contributed by atoms with Crippen LogP contribution in [0.1, 0.15) is 27.3 Å². The minimum absolute atomic E-state index is 0.193. The number of carbonyl (C=O) groups excluding carboxylic acids is 2. The van der Waals surface area contributed by atoms with Crippen molar-refractivity contribution in [3.05, 3.63) is 44.5 Å². The van der Waals surface area contributed by atoms with E-state index < -0.39 is 6.09 Å². The van der Waals surface area contributed by atoms with Gasteiger partial charge in [0.2, 0.25) is 5.91 Å². The number of alkyl carbamates (subject to hydrolysis) is 1. The third-order valence-corrected chi connectivity index (χ3v) is 6.69. The Morgan fingerprint density at radius 1 is 1.43 bits per heavy atom. The van der Waals surface area contributed by atoms with E-state index in [2.05, 4.69) is 16.7 Å². The van der Waals surface area contributed by atoms with Crippen molar-refractivity contribution in [2.45, 2.75) is 19.3 Å². The van der Waals surface area contributed by atoms with Crippen LogP contribution in [0.15, 0.2) is 23.6 Å². The van der Waals surface area contributed by atoms with E-state index in [1.54, 1.807) is 24.5 Å². The number of rotatable bonds is 8. The first-order chi connectivity index (χ1) is 14.6. The standard InChI is InChI=1S/C21H23N3O4S2/c1-27-9-8-23-21(26)28-13-14-4-6-16-17(12-22)20(30-18(16)11-14)24-19(25)7-5-15-3-2-10-29-15/h2-3,5,7,10,14H,4,6,8-9,11,13H2,1H3,(H,23,26)(H,24,25). The molecule has 0 saturated carbocycles. The summed E-state index contributed by atoms with van der Waals surface area (Å²) in [5, 5.41) is 17.6. The van der Waals surface area contributed by atoms with Gasteiger partial charge in [-0.3, -0.25) is 4.79 Å². The molecule has 0 bridgehead atoms. The first-order valence-corrected chi connectivity index (χ1v) is 11.3. The topological polar surface area (TPSA) is 100 Å². The molecule has 3 rings (SSSR count). The van der Waals surface area contributed by atoms with E-state index >= 15 is 0 Å². The lowest BCUT2D eigenvalue weighted by molar-refractivity contribution is -0.111. The lowest BCUT2D eigenvalue weighted by Crippen LogP contribution is -2.30. The Bertz CT molecular complexity index is 944. The number of ether oxygens (including phenoxy) is 2. The van der Waals surface area contributed by atoms with E-state index in [9.17, 15) is 14.9 Å². The van der Waals surface area contributed by atoms with Crippen LogP contribution in [0.4, 0.5) is 9.80 Å². The smallest absolute Gasteiger partial charge is 0.407 e. The van der Waals surface area contributed by atoms with Crippen molar-refractivity contribution < 1.29 is 19.1 Å². The first-order valence-electron chi connectivity index (χ1n) is 9.57. The second-order valence-electron chi connectivity index (χ2n) is 6.78. The van der Waals surface area contributed by atoms with Crippen LogP contribution in [-0.2, 0) is 27.1 Å². The normalized spacial score (nSPS) is 15.4. The third kappa shape index (κ3) is 5.92. The molecule has 2 amide bonds. The highest BCUT2D eigenvalue weighted by Gasteiger charge is 2.27. The van der Waals surface area contributed by atoms with Crippen LogP contribution in [0, 0.1) is 17.2 Å². The van der Waals surface area contributed by atoms with E-state index in [-0.39, 0.29) is 11.8 Å². The summed E-state index contributed by atoms with van der Waals surface area (Å²) in [6, 6.07) is 6.09. The van der Waals surface area contributed by atoms with Crippen LogP contribution < -0.4 is 10.6 Å². The number of nitrogens with one attached hydrogen (secondary N) is 2. The molecule has 0 fully saturated rings. The van der Waals surface area contributed by atoms with Gasteiger partial charge in [-0.15, -0.1) is 22.7 Å². The fourth-order valence-electron chi connectivity index (χ4n) is 3.20. The molecule has 0 spiro atoms. The zero-order chi connectivity index (χ0) is 21.3. The summed E-state index contributed by atoms with van der Waals surface area (Å²) in [6.45, 7) is 1.17. The van der Waals surface area contributed by atoms with Crippen molar-refractivity contribution >= 4 is 45.8 Å². The average Bonchev–Trinajstić information content (AvgIpc) is 3.37. The minimum atomic E-state index is -0.452. The Labute approximate surface area is 183 Å². The highest BCUT2D eigenvalue weighted by atomic mass is 32.1. The Hall–Kier alpha value is -2.67. The molecule has 0 radical (unpaired) electrons. The molecular weight excluding hydrogens is 422 g/mol. The molecule has 9 heteroatoms. The van der Waals surface area contributed by atoms with Crippen LogP contribution >= 0.6 is 22.7 Å². The van der Waals surface area contributed by atoms with E-state index in [0.29, 0.717) is 30.3 Å². The van der Waals surface area contributed by atoms with Crippen LogP contribution in [0.3, 0.4) is 0 Å². The molecule has 0 aliphatic heterocycles. The third-order valence-electron chi connectivity index (χ3n) is 4.68. The summed E-state index contributed by atoms with van der Waals surface area (Å²) < 4.78 is 10.2. The highest BCUT2D eigenvalue weighted by Crippen LogP contribution is 2.39. The lowest BCUT2D eigenvalue weighted by Gasteiger charge is -2.21. The molecular formula is C21H23N3O4S2. The number of anilines is 1. The van der Waals surface area contributed by atoms with Gasteiger partial charge < -0.3 is 20.1 Å². The number of methoxy groups -OCH3 is 1. The number of hydrogen-bond acceptors (Lipinski definition) is 7. The quantitative estimate of drug-likeness (QED) is 0.475. The molecule has 1 aliphatic rings. The highest BCUT2D eigenvalue weighted by molar-refractivity contribution is 7.16. The van der Waals surface area contributed by atoms with Crippen LogP contribution in [0.5, 0.6) is 0 Å². The van der Waals surface area contributed by atoms with Gasteiger partial charge in [-0.2, -0.15) is 5.26 Å². The number of fused-ring (bicyclic) bond motifs is 1. The van der Waals surface area contributed by atoms with E-state index in [0.717, 1.165) is 34.6 Å². The van der Waals surface area contributed by atoms with Gasteiger partial charge >= 0.3 is 6.09 Å². The second-order valence-corrected chi connectivity index (χ2v) is 8.87. The van der Waals surface area contributed by atoms with Crippen molar-refractivity contribution in [3.63, 3.8) is 0 Å². The maximum absolute atomic E-state index is 12.3. The zero-order valence-corrected chi connectivity index (χ0v) is 18.2. The Kier molecular flexibility index (Phi) is 8.02. The first kappa shape index (κ1) is 22.0. The summed E-state index contributed by atoms with van der Waals surface area (Å²) in [4.78, 5) is 26.0. The molecule has 2 N–H and O–H groups in total. The van der Waals surface area contributed by atoms with Gasteiger partial charge in [0, 0.05) is 29.5 Å². The van der Waals surface area contributed by atoms with Gasteiger partial charge in [0.25, 0.3) is 0 Å². The van der Waals surface area contributed by atoms with Crippen molar-refractivity contribution in [2.75, 3.05) is 32.2 Å². The molecule has 1 atom stereocenters. The zero-order valence-electron chi connectivity index (χ0n) is 16.6. The fraction of sp³-hybridized carbons (Fsp3) is 0.381. The number of carbonyl (C=O) groups is 2. The predicted molar refractivity (Wildman–Crippen MR) is 118 cm³/mol. The molecule has 158 valence electrons. The van der Waals surface area contributed by atoms with Crippen LogP contribution in [-0.4, -0.2) is 38.9 Å². The van der Waals surface area contributed by atoms with E-state index in [1.807, 2.05) is 17.5 Å². The molecule has 0 aromatic carbocycles. The molecule has 30 heavy (non-hydrogen) atoms. The van der Waals surface area contributed by atoms with Gasteiger partial charge in [-0.05, 0) is 48.3 Å². The lowest BCUT2D eigenvalue weighted by atomic mass is 9.88. The number of nitrogens with zero attached hydrogens (tertiary/aromatic N) is 1. The summed E-state index contributed by atoms with van der Waals surface area (Å²) >= 11 is 2.98. The van der Waals surface area contributed by atoms with Crippen LogP contribution in [0.2, 0.25) is 0 Å².